The molecule has 0 aliphatic rings. The molecule has 16 heavy (non-hydrogen) atoms. The number of halogens is 1. The van der Waals surface area contributed by atoms with Crippen molar-refractivity contribution in [2.45, 2.75) is 6.92 Å². The average Bonchev–Trinajstić information content (AvgIpc) is 2.70. The molecule has 0 bridgehead atoms. The van der Waals surface area contributed by atoms with Crippen molar-refractivity contribution < 1.29 is 4.79 Å². The van der Waals surface area contributed by atoms with Crippen LogP contribution in [0.5, 0.6) is 0 Å². The molecular weight excluding hydrogens is 228 g/mol. The van der Waals surface area contributed by atoms with Crippen molar-refractivity contribution in [1.29, 1.82) is 0 Å². The Morgan fingerprint density at radius 3 is 2.94 bits per heavy atom. The number of aromatic amines is 1. The highest BCUT2D eigenvalue weighted by Crippen LogP contribution is 2.16. The Hall–Kier alpha value is -1.88. The molecule has 2 rings (SSSR count). The van der Waals surface area contributed by atoms with Gasteiger partial charge in [0, 0.05) is 24.3 Å². The fraction of sp³-hybridized carbons (Fsp3) is 0.100. The molecule has 0 saturated heterocycles. The Morgan fingerprint density at radius 2 is 2.31 bits per heavy atom. The van der Waals surface area contributed by atoms with Gasteiger partial charge in [0.1, 0.15) is 0 Å². The van der Waals surface area contributed by atoms with Gasteiger partial charge in [-0.05, 0) is 13.0 Å². The van der Waals surface area contributed by atoms with Crippen molar-refractivity contribution in [2.75, 3.05) is 5.32 Å². The van der Waals surface area contributed by atoms with Crippen LogP contribution < -0.4 is 5.32 Å². The van der Waals surface area contributed by atoms with Crippen LogP contribution in [0.1, 0.15) is 16.1 Å². The Morgan fingerprint density at radius 1 is 1.50 bits per heavy atom. The number of rotatable bonds is 2. The molecule has 5 nitrogen and oxygen atoms in total. The number of hydrogen-bond donors (Lipinski definition) is 2. The fourth-order valence-corrected chi connectivity index (χ4v) is 1.49. The smallest absolute Gasteiger partial charge is 0.261 e. The van der Waals surface area contributed by atoms with E-state index < -0.39 is 0 Å². The van der Waals surface area contributed by atoms with E-state index in [1.54, 1.807) is 25.4 Å². The maximum atomic E-state index is 11.7. The molecule has 0 fully saturated rings. The number of nitrogens with one attached hydrogen (secondary N) is 2. The van der Waals surface area contributed by atoms with Gasteiger partial charge < -0.3 is 4.98 Å². The molecule has 6 heteroatoms. The second-order valence-electron chi connectivity index (χ2n) is 3.20. The third kappa shape index (κ3) is 2.20. The molecule has 0 aliphatic heterocycles. The summed E-state index contributed by atoms with van der Waals surface area (Å²) in [5.74, 6) is 0.0362. The zero-order valence-electron chi connectivity index (χ0n) is 8.49. The largest absolute Gasteiger partial charge is 0.331 e. The Kier molecular flexibility index (Phi) is 2.87. The molecule has 2 aromatic heterocycles. The van der Waals surface area contributed by atoms with Crippen LogP contribution >= 0.6 is 11.6 Å². The van der Waals surface area contributed by atoms with Crippen LogP contribution in [0.3, 0.4) is 0 Å². The standard InChI is InChI=1S/C10H9ClN4O/c1-6-4-8(11)7(5-14-6)9(16)15-10-12-2-3-13-10/h2-5H,1H3,(H2,12,13,15,16). The Balaban J connectivity index is 2.21. The van der Waals surface area contributed by atoms with Crippen molar-refractivity contribution >= 4 is 23.5 Å². The number of hydrogen-bond acceptors (Lipinski definition) is 3. The maximum Gasteiger partial charge on any atom is 0.261 e. The summed E-state index contributed by atoms with van der Waals surface area (Å²) in [5.41, 5.74) is 1.09. The summed E-state index contributed by atoms with van der Waals surface area (Å²) in [5, 5.41) is 2.94. The second kappa shape index (κ2) is 4.32. The number of amides is 1. The maximum absolute atomic E-state index is 11.7. The molecule has 0 aromatic carbocycles. The van der Waals surface area contributed by atoms with Crippen LogP contribution in [-0.4, -0.2) is 20.9 Å². The summed E-state index contributed by atoms with van der Waals surface area (Å²) in [6, 6.07) is 1.64. The molecule has 2 N–H and O–H groups in total. The molecule has 0 saturated carbocycles. The van der Waals surface area contributed by atoms with E-state index in [9.17, 15) is 4.79 Å². The predicted octanol–water partition coefficient (Wildman–Crippen LogP) is 2.02. The quantitative estimate of drug-likeness (QED) is 0.838. The molecule has 0 atom stereocenters. The van der Waals surface area contributed by atoms with Crippen LogP contribution in [0.2, 0.25) is 5.02 Å². The lowest BCUT2D eigenvalue weighted by molar-refractivity contribution is 0.102. The predicted molar refractivity (Wildman–Crippen MR) is 60.5 cm³/mol. The number of anilines is 1. The van der Waals surface area contributed by atoms with Gasteiger partial charge in [-0.15, -0.1) is 0 Å². The van der Waals surface area contributed by atoms with Crippen LogP contribution in [0.4, 0.5) is 5.95 Å². The minimum Gasteiger partial charge on any atom is -0.331 e. The van der Waals surface area contributed by atoms with E-state index in [1.807, 2.05) is 0 Å². The highest BCUT2D eigenvalue weighted by atomic mass is 35.5. The van der Waals surface area contributed by atoms with Gasteiger partial charge in [-0.25, -0.2) is 4.98 Å². The first-order chi connectivity index (χ1) is 7.66. The van der Waals surface area contributed by atoms with Gasteiger partial charge in [0.25, 0.3) is 5.91 Å². The van der Waals surface area contributed by atoms with Crippen molar-refractivity contribution in [3.63, 3.8) is 0 Å². The highest BCUT2D eigenvalue weighted by molar-refractivity contribution is 6.34. The number of imidazole rings is 1. The molecule has 0 unspecified atom stereocenters. The van der Waals surface area contributed by atoms with E-state index in [1.165, 1.54) is 6.20 Å². The van der Waals surface area contributed by atoms with Crippen molar-refractivity contribution in [1.82, 2.24) is 15.0 Å². The minimum atomic E-state index is -0.340. The Labute approximate surface area is 96.9 Å². The minimum absolute atomic E-state index is 0.323. The monoisotopic (exact) mass is 236 g/mol. The summed E-state index contributed by atoms with van der Waals surface area (Å²) in [7, 11) is 0. The number of pyridine rings is 1. The number of carbonyl (C=O) groups is 1. The summed E-state index contributed by atoms with van der Waals surface area (Å²) < 4.78 is 0. The van der Waals surface area contributed by atoms with Gasteiger partial charge >= 0.3 is 0 Å². The highest BCUT2D eigenvalue weighted by Gasteiger charge is 2.11. The zero-order valence-corrected chi connectivity index (χ0v) is 9.25. The Bertz CT molecular complexity index is 510. The summed E-state index contributed by atoms with van der Waals surface area (Å²) in [4.78, 5) is 22.4. The van der Waals surface area contributed by atoms with Crippen LogP contribution in [0.15, 0.2) is 24.7 Å². The number of aryl methyl sites for hydroxylation is 1. The molecule has 0 aliphatic carbocycles. The van der Waals surface area contributed by atoms with E-state index in [4.69, 9.17) is 11.6 Å². The first-order valence-corrected chi connectivity index (χ1v) is 4.97. The van der Waals surface area contributed by atoms with Crippen LogP contribution in [0.25, 0.3) is 0 Å². The topological polar surface area (TPSA) is 70.7 Å². The number of H-pyrrole nitrogens is 1. The fourth-order valence-electron chi connectivity index (χ4n) is 1.20. The molecule has 2 heterocycles. The molecule has 0 spiro atoms. The van der Waals surface area contributed by atoms with Crippen molar-refractivity contribution in [3.8, 4) is 0 Å². The number of nitrogens with zero attached hydrogens (tertiary/aromatic N) is 2. The first-order valence-electron chi connectivity index (χ1n) is 4.59. The normalized spacial score (nSPS) is 10.1. The van der Waals surface area contributed by atoms with E-state index in [0.29, 0.717) is 16.5 Å². The van der Waals surface area contributed by atoms with Crippen LogP contribution in [0, 0.1) is 6.92 Å². The summed E-state index contributed by atoms with van der Waals surface area (Å²) in [6.45, 7) is 1.81. The van der Waals surface area contributed by atoms with Gasteiger partial charge in [-0.1, -0.05) is 11.6 Å². The second-order valence-corrected chi connectivity index (χ2v) is 3.60. The van der Waals surface area contributed by atoms with Gasteiger partial charge in [0.2, 0.25) is 5.95 Å². The lowest BCUT2D eigenvalue weighted by atomic mass is 10.2. The molecule has 82 valence electrons. The van der Waals surface area contributed by atoms with E-state index in [2.05, 4.69) is 20.3 Å². The summed E-state index contributed by atoms with van der Waals surface area (Å²) >= 11 is 5.93. The lowest BCUT2D eigenvalue weighted by Gasteiger charge is -2.04. The van der Waals surface area contributed by atoms with E-state index >= 15 is 0 Å². The number of aromatic nitrogens is 3. The zero-order chi connectivity index (χ0) is 11.5. The molecule has 0 radical (unpaired) electrons. The van der Waals surface area contributed by atoms with E-state index in [-0.39, 0.29) is 5.91 Å². The van der Waals surface area contributed by atoms with Gasteiger partial charge in [-0.3, -0.25) is 15.1 Å². The molecule has 1 amide bonds. The van der Waals surface area contributed by atoms with Gasteiger partial charge in [0.05, 0.1) is 10.6 Å². The molecular formula is C10H9ClN4O. The third-order valence-corrected chi connectivity index (χ3v) is 2.28. The van der Waals surface area contributed by atoms with Crippen LogP contribution in [-0.2, 0) is 0 Å². The average molecular weight is 237 g/mol. The third-order valence-electron chi connectivity index (χ3n) is 1.96. The van der Waals surface area contributed by atoms with Crippen molar-refractivity contribution in [2.24, 2.45) is 0 Å². The van der Waals surface area contributed by atoms with Gasteiger partial charge in [-0.2, -0.15) is 0 Å². The molecule has 2 aromatic rings. The summed E-state index contributed by atoms with van der Waals surface area (Å²) in [6.07, 6.45) is 4.60. The van der Waals surface area contributed by atoms with Gasteiger partial charge in [0.15, 0.2) is 0 Å². The lowest BCUT2D eigenvalue weighted by Crippen LogP contribution is -2.14. The number of carbonyl (C=O) groups excluding carboxylic acids is 1. The van der Waals surface area contributed by atoms with E-state index in [0.717, 1.165) is 5.69 Å². The SMILES string of the molecule is Cc1cc(Cl)c(C(=O)Nc2ncc[nH]2)cn1. The first kappa shape index (κ1) is 10.6. The van der Waals surface area contributed by atoms with Crippen molar-refractivity contribution in [3.05, 3.63) is 40.9 Å².